The highest BCUT2D eigenvalue weighted by Crippen LogP contribution is 2.31. The van der Waals surface area contributed by atoms with Gasteiger partial charge in [0, 0.05) is 25.0 Å². The summed E-state index contributed by atoms with van der Waals surface area (Å²) in [5.41, 5.74) is 9.58. The number of rotatable bonds is 18. The summed E-state index contributed by atoms with van der Waals surface area (Å²) in [6.45, 7) is 7.32. The third-order valence-corrected chi connectivity index (χ3v) is 7.13. The largest absolute Gasteiger partial charge is 0.463 e. The Kier molecular flexibility index (Phi) is 15.3. The highest BCUT2D eigenvalue weighted by molar-refractivity contribution is 5.75. The Morgan fingerprint density at radius 3 is 2.39 bits per heavy atom. The predicted molar refractivity (Wildman–Crippen MR) is 155 cm³/mol. The number of aliphatic hydroxyl groups is 1. The van der Waals surface area contributed by atoms with Crippen LogP contribution in [0.4, 0.5) is 0 Å². The van der Waals surface area contributed by atoms with Crippen molar-refractivity contribution in [1.29, 1.82) is 0 Å². The second-order valence-electron chi connectivity index (χ2n) is 10.7. The maximum Gasteiger partial charge on any atom is 0.338 e. The molecule has 14 heteroatoms. The standard InChI is InChI=1S/C30H45N3O11/c1-5-7-14-37-25-24(35)26(28(36)40-16-21-12-10-9-11-13-21)44-30(27(25)38-15-8-6-2)43-22(17-39-20(4)34)23-18-41-29(42-23)19(3)32-33-31/h9-13,19,22-27,29-30,35H,5-8,14-18H2,1-4H3/t19?,22-,23?,24-,25?,26?,27?,29+,30+/m0/s1. The Morgan fingerprint density at radius 2 is 1.75 bits per heavy atom. The van der Waals surface area contributed by atoms with Crippen LogP contribution in [0.1, 0.15) is 58.9 Å². The summed E-state index contributed by atoms with van der Waals surface area (Å²) in [6, 6.07) is 8.49. The zero-order valence-electron chi connectivity index (χ0n) is 25.8. The number of hydrogen-bond acceptors (Lipinski definition) is 12. The number of carbonyl (C=O) groups excluding carboxylic acids is 2. The van der Waals surface area contributed by atoms with Crippen molar-refractivity contribution in [2.45, 2.75) is 115 Å². The molecular formula is C30H45N3O11. The molecule has 246 valence electrons. The lowest BCUT2D eigenvalue weighted by molar-refractivity contribution is -0.326. The second-order valence-corrected chi connectivity index (χ2v) is 10.7. The number of azide groups is 1. The van der Waals surface area contributed by atoms with E-state index >= 15 is 0 Å². The van der Waals surface area contributed by atoms with Gasteiger partial charge >= 0.3 is 11.9 Å². The van der Waals surface area contributed by atoms with Crippen LogP contribution in [-0.4, -0.2) is 98.7 Å². The van der Waals surface area contributed by atoms with Crippen LogP contribution in [0.15, 0.2) is 35.4 Å². The first-order valence-corrected chi connectivity index (χ1v) is 15.2. The number of benzene rings is 1. The second kappa shape index (κ2) is 18.9. The molecular weight excluding hydrogens is 578 g/mol. The van der Waals surface area contributed by atoms with Crippen LogP contribution in [0.2, 0.25) is 0 Å². The van der Waals surface area contributed by atoms with Crippen molar-refractivity contribution >= 4 is 11.9 Å². The molecule has 0 amide bonds. The third-order valence-electron chi connectivity index (χ3n) is 7.13. The van der Waals surface area contributed by atoms with Crippen LogP contribution >= 0.6 is 0 Å². The van der Waals surface area contributed by atoms with E-state index in [4.69, 9.17) is 43.4 Å². The SMILES string of the molecule is CCCCOC1C(OCCCC)[C@H](O)C(C(=O)OCc2ccccc2)O[C@H]1O[C@@H](COC(C)=O)C1CO[C@@H](C(C)N=[N+]=[N-])O1. The number of nitrogens with zero attached hydrogens (tertiary/aromatic N) is 3. The molecule has 0 radical (unpaired) electrons. The average molecular weight is 624 g/mol. The minimum Gasteiger partial charge on any atom is -0.463 e. The van der Waals surface area contributed by atoms with Crippen LogP contribution in [0.5, 0.6) is 0 Å². The maximum atomic E-state index is 13.3. The van der Waals surface area contributed by atoms with Gasteiger partial charge in [-0.05, 0) is 23.9 Å². The lowest BCUT2D eigenvalue weighted by Crippen LogP contribution is -2.63. The van der Waals surface area contributed by atoms with Gasteiger partial charge in [0.05, 0.1) is 12.6 Å². The lowest BCUT2D eigenvalue weighted by Gasteiger charge is -2.44. The van der Waals surface area contributed by atoms with Gasteiger partial charge in [0.1, 0.15) is 43.7 Å². The van der Waals surface area contributed by atoms with Gasteiger partial charge in [-0.2, -0.15) is 0 Å². The number of ether oxygens (including phenoxy) is 8. The van der Waals surface area contributed by atoms with Crippen LogP contribution in [0.25, 0.3) is 10.4 Å². The van der Waals surface area contributed by atoms with Crippen LogP contribution in [-0.2, 0) is 54.1 Å². The summed E-state index contributed by atoms with van der Waals surface area (Å²) in [4.78, 5) is 27.8. The molecule has 0 spiro atoms. The topological polar surface area (TPSA) is 177 Å². The molecule has 2 aliphatic heterocycles. The summed E-state index contributed by atoms with van der Waals surface area (Å²) in [7, 11) is 0. The lowest BCUT2D eigenvalue weighted by atomic mass is 9.98. The predicted octanol–water partition coefficient (Wildman–Crippen LogP) is 3.57. The zero-order chi connectivity index (χ0) is 31.9. The smallest absolute Gasteiger partial charge is 0.338 e. The van der Waals surface area contributed by atoms with Crippen molar-refractivity contribution in [2.75, 3.05) is 26.4 Å². The van der Waals surface area contributed by atoms with Crippen molar-refractivity contribution < 1.29 is 52.6 Å². The number of esters is 2. The average Bonchev–Trinajstić information content (AvgIpc) is 3.51. The Labute approximate surface area is 257 Å². The third kappa shape index (κ3) is 10.7. The van der Waals surface area contributed by atoms with Gasteiger partial charge < -0.3 is 43.0 Å². The van der Waals surface area contributed by atoms with Gasteiger partial charge in [0.15, 0.2) is 18.7 Å². The van der Waals surface area contributed by atoms with Gasteiger partial charge in [0.2, 0.25) is 0 Å². The first-order valence-electron chi connectivity index (χ1n) is 15.2. The van der Waals surface area contributed by atoms with Crippen LogP contribution in [0, 0.1) is 0 Å². The van der Waals surface area contributed by atoms with Crippen molar-refractivity contribution in [3.63, 3.8) is 0 Å². The molecule has 5 unspecified atom stereocenters. The Hall–Kier alpha value is -2.81. The van der Waals surface area contributed by atoms with E-state index in [-0.39, 0.29) is 19.8 Å². The quantitative estimate of drug-likeness (QED) is 0.0831. The molecule has 2 fully saturated rings. The molecule has 1 aromatic carbocycles. The van der Waals surface area contributed by atoms with Crippen molar-refractivity contribution in [1.82, 2.24) is 0 Å². The molecule has 9 atom stereocenters. The molecule has 1 N–H and O–H groups in total. The minimum atomic E-state index is -1.46. The molecule has 0 aliphatic carbocycles. The summed E-state index contributed by atoms with van der Waals surface area (Å²) < 4.78 is 47.1. The molecule has 0 aromatic heterocycles. The van der Waals surface area contributed by atoms with Crippen molar-refractivity contribution in [2.24, 2.45) is 5.11 Å². The van der Waals surface area contributed by atoms with Crippen LogP contribution in [0.3, 0.4) is 0 Å². The summed E-state index contributed by atoms with van der Waals surface area (Å²) >= 11 is 0. The monoisotopic (exact) mass is 623 g/mol. The molecule has 3 rings (SSSR count). The summed E-state index contributed by atoms with van der Waals surface area (Å²) in [5.74, 6) is -1.35. The highest BCUT2D eigenvalue weighted by Gasteiger charge is 2.52. The van der Waals surface area contributed by atoms with Crippen molar-refractivity contribution in [3.8, 4) is 0 Å². The molecule has 1 aromatic rings. The van der Waals surface area contributed by atoms with Gasteiger partial charge in [0.25, 0.3) is 0 Å². The van der Waals surface area contributed by atoms with Crippen LogP contribution < -0.4 is 0 Å². The summed E-state index contributed by atoms with van der Waals surface area (Å²) in [5, 5.41) is 15.0. The molecule has 2 aliphatic rings. The first kappa shape index (κ1) is 35.7. The van der Waals surface area contributed by atoms with E-state index in [0.717, 1.165) is 24.8 Å². The maximum absolute atomic E-state index is 13.3. The van der Waals surface area contributed by atoms with E-state index in [9.17, 15) is 14.7 Å². The van der Waals surface area contributed by atoms with E-state index < -0.39 is 67.2 Å². The molecule has 14 nitrogen and oxygen atoms in total. The number of carbonyl (C=O) groups is 2. The number of hydrogen-bond donors (Lipinski definition) is 1. The Morgan fingerprint density at radius 1 is 1.07 bits per heavy atom. The fraction of sp³-hybridized carbons (Fsp3) is 0.733. The summed E-state index contributed by atoms with van der Waals surface area (Å²) in [6.07, 6.45) is -5.51. The van der Waals surface area contributed by atoms with E-state index in [1.807, 2.05) is 44.2 Å². The normalized spacial score (nSPS) is 28.1. The molecule has 2 heterocycles. The fourth-order valence-corrected chi connectivity index (χ4v) is 4.66. The fourth-order valence-electron chi connectivity index (χ4n) is 4.66. The minimum absolute atomic E-state index is 0.0252. The van der Waals surface area contributed by atoms with E-state index in [0.29, 0.717) is 19.6 Å². The van der Waals surface area contributed by atoms with Gasteiger partial charge in [-0.15, -0.1) is 0 Å². The Bertz CT molecular complexity index is 1060. The number of unbranched alkanes of at least 4 members (excludes halogenated alkanes) is 2. The van der Waals surface area contributed by atoms with Gasteiger partial charge in [-0.1, -0.05) is 69.1 Å². The van der Waals surface area contributed by atoms with Gasteiger partial charge in [-0.3, -0.25) is 4.79 Å². The van der Waals surface area contributed by atoms with E-state index in [2.05, 4.69) is 10.0 Å². The molecule has 2 saturated heterocycles. The molecule has 0 bridgehead atoms. The molecule has 44 heavy (non-hydrogen) atoms. The first-order chi connectivity index (χ1) is 21.3. The van der Waals surface area contributed by atoms with Gasteiger partial charge in [-0.25, -0.2) is 4.79 Å². The van der Waals surface area contributed by atoms with Crippen molar-refractivity contribution in [3.05, 3.63) is 46.3 Å². The van der Waals surface area contributed by atoms with E-state index in [1.165, 1.54) is 6.92 Å². The van der Waals surface area contributed by atoms with E-state index in [1.54, 1.807) is 6.92 Å². The number of aliphatic hydroxyl groups excluding tert-OH is 1. The Balaban J connectivity index is 1.87. The zero-order valence-corrected chi connectivity index (χ0v) is 25.8. The highest BCUT2D eigenvalue weighted by atomic mass is 16.8. The molecule has 0 saturated carbocycles.